The molecule has 0 unspecified atom stereocenters. The number of rotatable bonds is 4. The second kappa shape index (κ2) is 8.03. The molecule has 0 saturated heterocycles. The molecular weight excluding hydrogens is 342 g/mol. The predicted octanol–water partition coefficient (Wildman–Crippen LogP) is 2.58. The maximum atomic E-state index is 12.8. The molecule has 1 heterocycles. The van der Waals surface area contributed by atoms with Crippen LogP contribution in [0.2, 0.25) is 0 Å². The summed E-state index contributed by atoms with van der Waals surface area (Å²) in [5, 5.41) is 2.68. The van der Waals surface area contributed by atoms with Crippen LogP contribution in [0.25, 0.3) is 0 Å². The van der Waals surface area contributed by atoms with E-state index in [1.165, 1.54) is 24.3 Å². The van der Waals surface area contributed by atoms with E-state index in [-0.39, 0.29) is 24.3 Å². The predicted molar refractivity (Wildman–Crippen MR) is 104 cm³/mol. The lowest BCUT2D eigenvalue weighted by atomic mass is 10.00. The van der Waals surface area contributed by atoms with Crippen molar-refractivity contribution in [2.24, 2.45) is 0 Å². The summed E-state index contributed by atoms with van der Waals surface area (Å²) in [7, 11) is 0. The van der Waals surface area contributed by atoms with Crippen molar-refractivity contribution in [3.8, 4) is 0 Å². The van der Waals surface area contributed by atoms with Gasteiger partial charge < -0.3 is 15.1 Å². The van der Waals surface area contributed by atoms with Gasteiger partial charge in [-0.2, -0.15) is 0 Å². The summed E-state index contributed by atoms with van der Waals surface area (Å²) >= 11 is 0. The van der Waals surface area contributed by atoms with Gasteiger partial charge in [0, 0.05) is 38.3 Å². The lowest BCUT2D eigenvalue weighted by Crippen LogP contribution is -2.44. The van der Waals surface area contributed by atoms with Crippen molar-refractivity contribution in [1.82, 2.24) is 4.90 Å². The zero-order valence-corrected chi connectivity index (χ0v) is 15.6. The molecule has 3 amide bonds. The van der Waals surface area contributed by atoms with Gasteiger partial charge in [0.25, 0.3) is 0 Å². The zero-order chi connectivity index (χ0) is 19.4. The van der Waals surface area contributed by atoms with Crippen LogP contribution in [0.5, 0.6) is 0 Å². The molecule has 3 rings (SSSR count). The van der Waals surface area contributed by atoms with E-state index >= 15 is 0 Å². The standard InChI is InChI=1S/C21H23N3O3/c1-15(25)22-19-7-9-20(10-8-19)24(16(2)26)14-21(27)23-12-11-17-5-3-4-6-18(17)13-23/h3-10H,11-14H2,1-2H3,(H,22,25). The van der Waals surface area contributed by atoms with Crippen molar-refractivity contribution < 1.29 is 14.4 Å². The van der Waals surface area contributed by atoms with Crippen LogP contribution in [-0.2, 0) is 27.3 Å². The van der Waals surface area contributed by atoms with Crippen LogP contribution in [0.1, 0.15) is 25.0 Å². The van der Waals surface area contributed by atoms with Crippen LogP contribution < -0.4 is 10.2 Å². The van der Waals surface area contributed by atoms with Gasteiger partial charge in [0.15, 0.2) is 0 Å². The molecular formula is C21H23N3O3. The van der Waals surface area contributed by atoms with E-state index < -0.39 is 0 Å². The molecule has 0 bridgehead atoms. The van der Waals surface area contributed by atoms with Crippen molar-refractivity contribution in [1.29, 1.82) is 0 Å². The van der Waals surface area contributed by atoms with Crippen LogP contribution in [0.15, 0.2) is 48.5 Å². The summed E-state index contributed by atoms with van der Waals surface area (Å²) in [6, 6.07) is 15.0. The van der Waals surface area contributed by atoms with Crippen molar-refractivity contribution in [2.45, 2.75) is 26.8 Å². The number of anilines is 2. The minimum Gasteiger partial charge on any atom is -0.336 e. The van der Waals surface area contributed by atoms with Crippen molar-refractivity contribution in [2.75, 3.05) is 23.3 Å². The van der Waals surface area contributed by atoms with Gasteiger partial charge in [-0.15, -0.1) is 0 Å². The molecule has 0 saturated carbocycles. The number of amides is 3. The van der Waals surface area contributed by atoms with Gasteiger partial charge in [-0.05, 0) is 41.8 Å². The highest BCUT2D eigenvalue weighted by molar-refractivity contribution is 5.98. The number of carbonyl (C=O) groups is 3. The second-order valence-electron chi connectivity index (χ2n) is 6.67. The number of carbonyl (C=O) groups excluding carboxylic acids is 3. The van der Waals surface area contributed by atoms with Crippen LogP contribution in [0.3, 0.4) is 0 Å². The summed E-state index contributed by atoms with van der Waals surface area (Å²) in [6.45, 7) is 4.11. The Labute approximate surface area is 158 Å². The molecule has 0 aliphatic carbocycles. The largest absolute Gasteiger partial charge is 0.336 e. The van der Waals surface area contributed by atoms with Gasteiger partial charge >= 0.3 is 0 Å². The molecule has 6 heteroatoms. The molecule has 0 aromatic heterocycles. The molecule has 2 aromatic rings. The third kappa shape index (κ3) is 4.53. The Morgan fingerprint density at radius 2 is 1.67 bits per heavy atom. The first-order valence-corrected chi connectivity index (χ1v) is 8.94. The SMILES string of the molecule is CC(=O)Nc1ccc(N(CC(=O)N2CCc3ccccc3C2)C(C)=O)cc1. The maximum Gasteiger partial charge on any atom is 0.242 e. The van der Waals surface area contributed by atoms with Crippen LogP contribution in [0.4, 0.5) is 11.4 Å². The Hall–Kier alpha value is -3.15. The number of benzene rings is 2. The average molecular weight is 365 g/mol. The maximum absolute atomic E-state index is 12.8. The van der Waals surface area contributed by atoms with Gasteiger partial charge in [-0.3, -0.25) is 14.4 Å². The third-order valence-electron chi connectivity index (χ3n) is 4.66. The molecule has 0 radical (unpaired) electrons. The molecule has 0 fully saturated rings. The molecule has 1 aliphatic heterocycles. The van der Waals surface area contributed by atoms with E-state index in [9.17, 15) is 14.4 Å². The fourth-order valence-corrected chi connectivity index (χ4v) is 3.26. The van der Waals surface area contributed by atoms with Gasteiger partial charge in [-0.25, -0.2) is 0 Å². The van der Waals surface area contributed by atoms with Crippen LogP contribution in [-0.4, -0.2) is 35.7 Å². The summed E-state index contributed by atoms with van der Waals surface area (Å²) in [5.41, 5.74) is 3.71. The van der Waals surface area contributed by atoms with Gasteiger partial charge in [0.2, 0.25) is 17.7 Å². The minimum atomic E-state index is -0.201. The Bertz CT molecular complexity index is 861. The Morgan fingerprint density at radius 3 is 2.30 bits per heavy atom. The molecule has 27 heavy (non-hydrogen) atoms. The summed E-state index contributed by atoms with van der Waals surface area (Å²) in [4.78, 5) is 39.3. The monoisotopic (exact) mass is 365 g/mol. The van der Waals surface area contributed by atoms with Crippen LogP contribution in [0, 0.1) is 0 Å². The molecule has 2 aromatic carbocycles. The molecule has 0 atom stereocenters. The lowest BCUT2D eigenvalue weighted by Gasteiger charge is -2.31. The smallest absolute Gasteiger partial charge is 0.242 e. The van der Waals surface area contributed by atoms with Gasteiger partial charge in [0.1, 0.15) is 6.54 Å². The Balaban J connectivity index is 1.70. The van der Waals surface area contributed by atoms with E-state index in [0.717, 1.165) is 12.0 Å². The normalized spacial score (nSPS) is 12.9. The van der Waals surface area contributed by atoms with Gasteiger partial charge in [0.05, 0.1) is 0 Å². The molecule has 6 nitrogen and oxygen atoms in total. The first-order chi connectivity index (χ1) is 12.9. The summed E-state index contributed by atoms with van der Waals surface area (Å²) in [5.74, 6) is -0.439. The number of hydrogen-bond donors (Lipinski definition) is 1. The van der Waals surface area contributed by atoms with Crippen molar-refractivity contribution in [3.05, 3.63) is 59.7 Å². The Morgan fingerprint density at radius 1 is 1.00 bits per heavy atom. The van der Waals surface area contributed by atoms with E-state index in [1.807, 2.05) is 18.2 Å². The number of nitrogens with zero attached hydrogens (tertiary/aromatic N) is 2. The highest BCUT2D eigenvalue weighted by Crippen LogP contribution is 2.21. The Kier molecular flexibility index (Phi) is 5.54. The van der Waals surface area contributed by atoms with E-state index in [1.54, 1.807) is 29.2 Å². The van der Waals surface area contributed by atoms with E-state index in [2.05, 4.69) is 11.4 Å². The summed E-state index contributed by atoms with van der Waals surface area (Å²) < 4.78 is 0. The van der Waals surface area contributed by atoms with E-state index in [4.69, 9.17) is 0 Å². The average Bonchev–Trinajstić information content (AvgIpc) is 2.65. The zero-order valence-electron chi connectivity index (χ0n) is 15.6. The highest BCUT2D eigenvalue weighted by Gasteiger charge is 2.24. The topological polar surface area (TPSA) is 69.7 Å². The fourth-order valence-electron chi connectivity index (χ4n) is 3.26. The quantitative estimate of drug-likeness (QED) is 0.905. The minimum absolute atomic E-state index is 0.00299. The fraction of sp³-hybridized carbons (Fsp3) is 0.286. The van der Waals surface area contributed by atoms with Crippen LogP contribution >= 0.6 is 0 Å². The second-order valence-corrected chi connectivity index (χ2v) is 6.67. The lowest BCUT2D eigenvalue weighted by molar-refractivity contribution is -0.132. The first-order valence-electron chi connectivity index (χ1n) is 8.94. The summed E-state index contributed by atoms with van der Waals surface area (Å²) in [6.07, 6.45) is 0.827. The first kappa shape index (κ1) is 18.6. The molecule has 1 N–H and O–H groups in total. The van der Waals surface area contributed by atoms with E-state index in [0.29, 0.717) is 24.5 Å². The molecule has 0 spiro atoms. The number of fused-ring (bicyclic) bond motifs is 1. The molecule has 1 aliphatic rings. The van der Waals surface area contributed by atoms with Gasteiger partial charge in [-0.1, -0.05) is 24.3 Å². The number of hydrogen-bond acceptors (Lipinski definition) is 3. The molecule has 140 valence electrons. The van der Waals surface area contributed by atoms with Crippen molar-refractivity contribution in [3.63, 3.8) is 0 Å². The van der Waals surface area contributed by atoms with Crippen molar-refractivity contribution >= 4 is 29.1 Å². The third-order valence-corrected chi connectivity index (χ3v) is 4.66. The highest BCUT2D eigenvalue weighted by atomic mass is 16.2. The number of nitrogens with one attached hydrogen (secondary N) is 1.